The van der Waals surface area contributed by atoms with E-state index in [2.05, 4.69) is 11.9 Å². The SMILES string of the molecule is C=C1C(=O)[C@]23[C@H](OC(=O)C4CCNCC4)[C@H]1CC[C@H]2[C@@]12CO[C@@]3(O)[C@@H](O)[C@@H]1C(C)(C)CCC2=O. The number of ether oxygens (including phenoxy) is 2. The number of carbonyl (C=O) groups is 3. The molecular weight excluding hydrogens is 438 g/mol. The van der Waals surface area contributed by atoms with Crippen LogP contribution in [0.25, 0.3) is 0 Å². The van der Waals surface area contributed by atoms with Crippen LogP contribution in [-0.4, -0.2) is 65.4 Å². The second kappa shape index (κ2) is 6.99. The van der Waals surface area contributed by atoms with Gasteiger partial charge in [0.15, 0.2) is 5.78 Å². The molecule has 0 aromatic carbocycles. The Morgan fingerprint density at radius 3 is 2.59 bits per heavy atom. The van der Waals surface area contributed by atoms with E-state index in [4.69, 9.17) is 9.47 Å². The van der Waals surface area contributed by atoms with Gasteiger partial charge < -0.3 is 25.0 Å². The van der Waals surface area contributed by atoms with Gasteiger partial charge in [0.25, 0.3) is 0 Å². The van der Waals surface area contributed by atoms with Crippen molar-refractivity contribution in [1.29, 1.82) is 0 Å². The molecule has 34 heavy (non-hydrogen) atoms. The van der Waals surface area contributed by atoms with Gasteiger partial charge in [-0.05, 0) is 62.1 Å². The van der Waals surface area contributed by atoms with Crippen LogP contribution in [0.4, 0.5) is 0 Å². The Hall–Kier alpha value is -1.61. The zero-order valence-electron chi connectivity index (χ0n) is 20.0. The van der Waals surface area contributed by atoms with Crippen LogP contribution in [0.1, 0.15) is 52.4 Å². The fraction of sp³-hybridized carbons (Fsp3) is 0.808. The van der Waals surface area contributed by atoms with Crippen LogP contribution in [0.15, 0.2) is 12.2 Å². The summed E-state index contributed by atoms with van der Waals surface area (Å²) in [7, 11) is 0. The zero-order valence-corrected chi connectivity index (χ0v) is 20.0. The minimum absolute atomic E-state index is 0.0193. The Bertz CT molecular complexity index is 986. The number of hydrogen-bond acceptors (Lipinski definition) is 8. The third kappa shape index (κ3) is 2.36. The molecule has 4 aliphatic carbocycles. The number of aliphatic hydroxyl groups is 2. The van der Waals surface area contributed by atoms with E-state index in [-0.39, 0.29) is 24.3 Å². The van der Waals surface area contributed by atoms with E-state index in [1.165, 1.54) is 0 Å². The molecule has 3 N–H and O–H groups in total. The lowest BCUT2D eigenvalue weighted by atomic mass is 9.36. The van der Waals surface area contributed by atoms with Crippen LogP contribution in [0.5, 0.6) is 0 Å². The molecule has 3 aliphatic heterocycles. The second-order valence-electron chi connectivity index (χ2n) is 12.2. The highest BCUT2D eigenvalue weighted by Crippen LogP contribution is 2.76. The maximum atomic E-state index is 14.0. The minimum atomic E-state index is -2.24. The first-order valence-electron chi connectivity index (χ1n) is 12.8. The molecule has 7 aliphatic rings. The lowest BCUT2D eigenvalue weighted by molar-refractivity contribution is -0.437. The Labute approximate surface area is 199 Å². The first-order chi connectivity index (χ1) is 16.0. The van der Waals surface area contributed by atoms with Gasteiger partial charge in [0, 0.05) is 18.3 Å². The van der Waals surface area contributed by atoms with Crippen molar-refractivity contribution in [2.24, 2.45) is 39.9 Å². The van der Waals surface area contributed by atoms with E-state index < -0.39 is 57.8 Å². The lowest BCUT2D eigenvalue weighted by Gasteiger charge is -2.73. The van der Waals surface area contributed by atoms with Crippen molar-refractivity contribution < 1.29 is 34.1 Å². The van der Waals surface area contributed by atoms with Crippen molar-refractivity contribution >= 4 is 17.5 Å². The number of aliphatic hydroxyl groups excluding tert-OH is 1. The van der Waals surface area contributed by atoms with Crippen molar-refractivity contribution in [2.75, 3.05) is 19.7 Å². The van der Waals surface area contributed by atoms with Crippen molar-refractivity contribution in [3.8, 4) is 0 Å². The maximum absolute atomic E-state index is 14.0. The number of ketones is 2. The first-order valence-corrected chi connectivity index (χ1v) is 12.8. The summed E-state index contributed by atoms with van der Waals surface area (Å²) in [5.74, 6) is -4.93. The predicted molar refractivity (Wildman–Crippen MR) is 119 cm³/mol. The molecule has 8 nitrogen and oxygen atoms in total. The van der Waals surface area contributed by atoms with Crippen LogP contribution < -0.4 is 5.32 Å². The van der Waals surface area contributed by atoms with Crippen LogP contribution in [0.2, 0.25) is 0 Å². The van der Waals surface area contributed by atoms with Gasteiger partial charge in [-0.3, -0.25) is 14.4 Å². The first kappa shape index (κ1) is 22.8. The summed E-state index contributed by atoms with van der Waals surface area (Å²) >= 11 is 0. The van der Waals surface area contributed by atoms with E-state index in [0.29, 0.717) is 57.2 Å². The molecule has 8 atom stereocenters. The molecule has 0 radical (unpaired) electrons. The van der Waals surface area contributed by atoms with Crippen LogP contribution in [0.3, 0.4) is 0 Å². The molecule has 7 fully saturated rings. The molecular formula is C26H35NO7. The molecule has 186 valence electrons. The molecule has 2 spiro atoms. The van der Waals surface area contributed by atoms with E-state index in [0.717, 1.165) is 0 Å². The summed E-state index contributed by atoms with van der Waals surface area (Å²) in [5, 5.41) is 27.1. The van der Waals surface area contributed by atoms with E-state index in [1.807, 2.05) is 13.8 Å². The van der Waals surface area contributed by atoms with Crippen molar-refractivity contribution in [2.45, 2.75) is 70.4 Å². The molecule has 3 heterocycles. The van der Waals surface area contributed by atoms with Crippen molar-refractivity contribution in [3.63, 3.8) is 0 Å². The number of esters is 1. The highest BCUT2D eigenvalue weighted by molar-refractivity contribution is 6.06. The number of Topliss-reactive ketones (excluding diaryl/α,β-unsaturated/α-hetero) is 2. The fourth-order valence-corrected chi connectivity index (χ4v) is 9.04. The monoisotopic (exact) mass is 473 g/mol. The molecule has 0 aromatic heterocycles. The fourth-order valence-electron chi connectivity index (χ4n) is 9.04. The predicted octanol–water partition coefficient (Wildman–Crippen LogP) is 1.13. The standard InChI is InChI=1S/C26H35NO7/c1-13-15-4-5-16-24-12-33-26(32,20(30)18(24)23(2,3)9-6-17(24)28)25(16,19(13)29)21(15)34-22(31)14-7-10-27-11-8-14/h14-16,18,20-21,27,30,32H,1,4-12H2,2-3H3/t15-,16-,18+,20-,21+,24+,25-,26-/m0/s1. The van der Waals surface area contributed by atoms with Crippen molar-refractivity contribution in [3.05, 3.63) is 12.2 Å². The zero-order chi connectivity index (χ0) is 24.3. The number of piperidine rings is 1. The molecule has 7 rings (SSSR count). The van der Waals surface area contributed by atoms with Crippen LogP contribution in [-0.2, 0) is 23.9 Å². The summed E-state index contributed by atoms with van der Waals surface area (Å²) in [5.41, 5.74) is -2.94. The number of rotatable bonds is 2. The third-order valence-corrected chi connectivity index (χ3v) is 10.5. The Kier molecular flexibility index (Phi) is 4.69. The third-order valence-electron chi connectivity index (χ3n) is 10.5. The van der Waals surface area contributed by atoms with Gasteiger partial charge in [-0.1, -0.05) is 20.4 Å². The molecule has 0 aromatic rings. The van der Waals surface area contributed by atoms with Gasteiger partial charge in [0.1, 0.15) is 23.4 Å². The second-order valence-corrected chi connectivity index (χ2v) is 12.2. The highest BCUT2D eigenvalue weighted by atomic mass is 16.6. The van der Waals surface area contributed by atoms with Crippen LogP contribution in [0, 0.1) is 39.9 Å². The highest BCUT2D eigenvalue weighted by Gasteiger charge is 2.88. The average Bonchev–Trinajstić information content (AvgIpc) is 2.93. The molecule has 4 bridgehead atoms. The largest absolute Gasteiger partial charge is 0.460 e. The van der Waals surface area contributed by atoms with Gasteiger partial charge >= 0.3 is 5.97 Å². The summed E-state index contributed by atoms with van der Waals surface area (Å²) in [4.78, 5) is 41.0. The van der Waals surface area contributed by atoms with E-state index in [1.54, 1.807) is 0 Å². The molecule has 0 amide bonds. The average molecular weight is 474 g/mol. The summed E-state index contributed by atoms with van der Waals surface area (Å²) in [6.07, 6.45) is 0.844. The quantitative estimate of drug-likeness (QED) is 0.403. The van der Waals surface area contributed by atoms with Gasteiger partial charge in [-0.25, -0.2) is 0 Å². The Morgan fingerprint density at radius 1 is 1.18 bits per heavy atom. The summed E-state index contributed by atoms with van der Waals surface area (Å²) in [6.45, 7) is 9.47. The lowest BCUT2D eigenvalue weighted by Crippen LogP contribution is -2.85. The molecule has 4 saturated carbocycles. The topological polar surface area (TPSA) is 122 Å². The number of hydrogen-bond donors (Lipinski definition) is 3. The summed E-state index contributed by atoms with van der Waals surface area (Å²) < 4.78 is 12.1. The normalized spacial score (nSPS) is 49.5. The number of fused-ring (bicyclic) bond motifs is 2. The smallest absolute Gasteiger partial charge is 0.309 e. The van der Waals surface area contributed by atoms with Gasteiger partial charge in [-0.2, -0.15) is 0 Å². The van der Waals surface area contributed by atoms with Gasteiger partial charge in [-0.15, -0.1) is 0 Å². The van der Waals surface area contributed by atoms with Gasteiger partial charge in [0.05, 0.1) is 17.9 Å². The number of carbonyl (C=O) groups excluding carboxylic acids is 3. The number of nitrogens with one attached hydrogen (secondary N) is 1. The van der Waals surface area contributed by atoms with Gasteiger partial charge in [0.2, 0.25) is 5.79 Å². The Balaban J connectivity index is 1.51. The van der Waals surface area contributed by atoms with E-state index >= 15 is 0 Å². The molecule has 0 unspecified atom stereocenters. The minimum Gasteiger partial charge on any atom is -0.460 e. The maximum Gasteiger partial charge on any atom is 0.309 e. The van der Waals surface area contributed by atoms with E-state index in [9.17, 15) is 24.6 Å². The summed E-state index contributed by atoms with van der Waals surface area (Å²) in [6, 6.07) is 0. The molecule has 8 heteroatoms. The van der Waals surface area contributed by atoms with Crippen molar-refractivity contribution in [1.82, 2.24) is 5.32 Å². The molecule has 3 saturated heterocycles. The Morgan fingerprint density at radius 2 is 1.88 bits per heavy atom. The van der Waals surface area contributed by atoms with Crippen LogP contribution >= 0.6 is 0 Å².